The summed E-state index contributed by atoms with van der Waals surface area (Å²) >= 11 is 0. The molecule has 0 N–H and O–H groups in total. The molecule has 0 bridgehead atoms. The molecule has 0 atom stereocenters. The third-order valence-corrected chi connectivity index (χ3v) is 2.77. The van der Waals surface area contributed by atoms with E-state index < -0.39 is 0 Å². The quantitative estimate of drug-likeness (QED) is 0.742. The van der Waals surface area contributed by atoms with Crippen molar-refractivity contribution in [2.45, 2.75) is 66.2 Å². The molecule has 0 spiro atoms. The summed E-state index contributed by atoms with van der Waals surface area (Å²) in [7, 11) is 0. The van der Waals surface area contributed by atoms with E-state index in [2.05, 4.69) is 46.8 Å². The van der Waals surface area contributed by atoms with Gasteiger partial charge >= 0.3 is 0 Å². The predicted molar refractivity (Wildman–Crippen MR) is 80.1 cm³/mol. The van der Waals surface area contributed by atoms with Crippen LogP contribution < -0.4 is 0 Å². The summed E-state index contributed by atoms with van der Waals surface area (Å²) in [4.78, 5) is 10.9. The average molecular weight is 248 g/mol. The number of carbonyl (C=O) groups excluding carboxylic acids is 1. The number of hydrogen-bond acceptors (Lipinski definition) is 1. The van der Waals surface area contributed by atoms with Gasteiger partial charge in [0.1, 0.15) is 5.78 Å². The minimum Gasteiger partial charge on any atom is -0.300 e. The van der Waals surface area contributed by atoms with Crippen molar-refractivity contribution >= 4 is 5.78 Å². The summed E-state index contributed by atoms with van der Waals surface area (Å²) in [5, 5.41) is 0. The maximum Gasteiger partial charge on any atom is 0.134 e. The first-order valence-corrected chi connectivity index (χ1v) is 6.90. The number of benzene rings is 1. The fourth-order valence-corrected chi connectivity index (χ4v) is 1.41. The van der Waals surface area contributed by atoms with Gasteiger partial charge in [-0.05, 0) is 23.5 Å². The van der Waals surface area contributed by atoms with Crippen LogP contribution in [0.5, 0.6) is 0 Å². The Morgan fingerprint density at radius 3 is 1.72 bits per heavy atom. The standard InChI is InChI=1S/C13H18O.C4H10/c1-10(14)9-11-5-7-12(8-6-11)13(2,3)4;1-3-4-2/h5-8H,9H2,1-4H3;3-4H2,1-2H3. The lowest BCUT2D eigenvalue weighted by Gasteiger charge is -2.18. The number of rotatable bonds is 3. The molecule has 0 aromatic heterocycles. The predicted octanol–water partition coefficient (Wildman–Crippen LogP) is 4.92. The molecule has 0 aliphatic heterocycles. The summed E-state index contributed by atoms with van der Waals surface area (Å²) in [5.74, 6) is 0.216. The van der Waals surface area contributed by atoms with Crippen LogP contribution in [-0.4, -0.2) is 5.78 Å². The highest BCUT2D eigenvalue weighted by Gasteiger charge is 2.12. The van der Waals surface area contributed by atoms with E-state index in [4.69, 9.17) is 0 Å². The first-order chi connectivity index (χ1) is 8.31. The molecule has 0 fully saturated rings. The third-order valence-electron chi connectivity index (χ3n) is 2.77. The molecule has 1 aromatic carbocycles. The van der Waals surface area contributed by atoms with Crippen LogP contribution in [0.1, 0.15) is 65.5 Å². The van der Waals surface area contributed by atoms with Gasteiger partial charge in [0, 0.05) is 6.42 Å². The smallest absolute Gasteiger partial charge is 0.134 e. The largest absolute Gasteiger partial charge is 0.300 e. The van der Waals surface area contributed by atoms with Crippen LogP contribution in [0.15, 0.2) is 24.3 Å². The molecule has 1 heteroatoms. The molecule has 0 saturated heterocycles. The Labute approximate surface area is 113 Å². The molecule has 102 valence electrons. The molecule has 0 aliphatic rings. The van der Waals surface area contributed by atoms with Crippen LogP contribution in [0.2, 0.25) is 0 Å². The number of hydrogen-bond donors (Lipinski definition) is 0. The Bertz CT molecular complexity index is 339. The molecule has 0 radical (unpaired) electrons. The zero-order valence-electron chi connectivity index (χ0n) is 12.8. The van der Waals surface area contributed by atoms with Gasteiger partial charge in [-0.1, -0.05) is 71.7 Å². The van der Waals surface area contributed by atoms with Crippen LogP contribution in [0, 0.1) is 0 Å². The van der Waals surface area contributed by atoms with Gasteiger partial charge < -0.3 is 0 Å². The highest BCUT2D eigenvalue weighted by Crippen LogP contribution is 2.22. The van der Waals surface area contributed by atoms with Gasteiger partial charge in [0.25, 0.3) is 0 Å². The van der Waals surface area contributed by atoms with Gasteiger partial charge in [0.15, 0.2) is 0 Å². The molecule has 0 amide bonds. The molecular weight excluding hydrogens is 220 g/mol. The Balaban J connectivity index is 0.000000631. The van der Waals surface area contributed by atoms with E-state index in [9.17, 15) is 4.79 Å². The average Bonchev–Trinajstić information content (AvgIpc) is 2.28. The van der Waals surface area contributed by atoms with E-state index in [1.54, 1.807) is 6.92 Å². The van der Waals surface area contributed by atoms with Crippen LogP contribution in [0.3, 0.4) is 0 Å². The van der Waals surface area contributed by atoms with Crippen molar-refractivity contribution in [1.29, 1.82) is 0 Å². The highest BCUT2D eigenvalue weighted by atomic mass is 16.1. The number of unbranched alkanes of at least 4 members (excludes halogenated alkanes) is 1. The van der Waals surface area contributed by atoms with Gasteiger partial charge in [-0.2, -0.15) is 0 Å². The molecule has 1 aromatic rings. The molecule has 0 saturated carbocycles. The van der Waals surface area contributed by atoms with Gasteiger partial charge in [-0.25, -0.2) is 0 Å². The second-order valence-electron chi connectivity index (χ2n) is 5.83. The van der Waals surface area contributed by atoms with Crippen LogP contribution in [-0.2, 0) is 16.6 Å². The summed E-state index contributed by atoms with van der Waals surface area (Å²) in [6.07, 6.45) is 3.18. The number of carbonyl (C=O) groups is 1. The van der Waals surface area contributed by atoms with Crippen molar-refractivity contribution in [3.63, 3.8) is 0 Å². The van der Waals surface area contributed by atoms with Crippen molar-refractivity contribution in [2.75, 3.05) is 0 Å². The maximum atomic E-state index is 10.9. The maximum absolute atomic E-state index is 10.9. The summed E-state index contributed by atoms with van der Waals surface area (Å²) in [6.45, 7) is 12.5. The van der Waals surface area contributed by atoms with Crippen molar-refractivity contribution in [1.82, 2.24) is 0 Å². The minimum atomic E-state index is 0.189. The normalized spacial score (nSPS) is 10.6. The summed E-state index contributed by atoms with van der Waals surface area (Å²) in [5.41, 5.74) is 2.60. The molecule has 0 unspecified atom stereocenters. The second-order valence-corrected chi connectivity index (χ2v) is 5.83. The zero-order chi connectivity index (χ0) is 14.2. The Hall–Kier alpha value is -1.11. The first-order valence-electron chi connectivity index (χ1n) is 6.90. The first kappa shape index (κ1) is 16.9. The fourth-order valence-electron chi connectivity index (χ4n) is 1.41. The van der Waals surface area contributed by atoms with E-state index >= 15 is 0 Å². The minimum absolute atomic E-state index is 0.189. The SMILES string of the molecule is CC(=O)Cc1ccc(C(C)(C)C)cc1.CCCC. The Kier molecular flexibility index (Phi) is 7.58. The fraction of sp³-hybridized carbons (Fsp3) is 0.588. The van der Waals surface area contributed by atoms with Gasteiger partial charge in [0.05, 0.1) is 0 Å². The molecule has 1 nitrogen and oxygen atoms in total. The van der Waals surface area contributed by atoms with E-state index in [0.717, 1.165) is 5.56 Å². The number of Topliss-reactive ketones (excluding diaryl/α,β-unsaturated/α-hetero) is 1. The van der Waals surface area contributed by atoms with Gasteiger partial charge in [-0.3, -0.25) is 4.79 Å². The molecule has 0 heterocycles. The topological polar surface area (TPSA) is 17.1 Å². The number of ketones is 1. The second kappa shape index (κ2) is 8.07. The summed E-state index contributed by atoms with van der Waals surface area (Å²) < 4.78 is 0. The highest BCUT2D eigenvalue weighted by molar-refractivity contribution is 5.78. The molecule has 1 rings (SSSR count). The van der Waals surface area contributed by atoms with E-state index in [0.29, 0.717) is 6.42 Å². The van der Waals surface area contributed by atoms with E-state index in [1.807, 2.05) is 12.1 Å². The van der Waals surface area contributed by atoms with Crippen molar-refractivity contribution in [3.05, 3.63) is 35.4 Å². The van der Waals surface area contributed by atoms with Crippen LogP contribution in [0.4, 0.5) is 0 Å². The zero-order valence-corrected chi connectivity index (χ0v) is 12.8. The molecule has 0 aliphatic carbocycles. The van der Waals surface area contributed by atoms with Gasteiger partial charge in [0.2, 0.25) is 0 Å². The van der Waals surface area contributed by atoms with Crippen LogP contribution in [0.25, 0.3) is 0 Å². The lowest BCUT2D eigenvalue weighted by Crippen LogP contribution is -2.10. The lowest BCUT2D eigenvalue weighted by atomic mass is 9.86. The molecule has 18 heavy (non-hydrogen) atoms. The Morgan fingerprint density at radius 1 is 1.00 bits per heavy atom. The monoisotopic (exact) mass is 248 g/mol. The van der Waals surface area contributed by atoms with Crippen molar-refractivity contribution in [2.24, 2.45) is 0 Å². The summed E-state index contributed by atoms with van der Waals surface area (Å²) in [6, 6.07) is 8.31. The lowest BCUT2D eigenvalue weighted by molar-refractivity contribution is -0.116. The Morgan fingerprint density at radius 2 is 1.44 bits per heavy atom. The molecular formula is C17H28O. The van der Waals surface area contributed by atoms with E-state index in [-0.39, 0.29) is 11.2 Å². The van der Waals surface area contributed by atoms with E-state index in [1.165, 1.54) is 18.4 Å². The van der Waals surface area contributed by atoms with Crippen LogP contribution >= 0.6 is 0 Å². The third kappa shape index (κ3) is 7.26. The van der Waals surface area contributed by atoms with Gasteiger partial charge in [-0.15, -0.1) is 0 Å². The van der Waals surface area contributed by atoms with Crippen molar-refractivity contribution < 1.29 is 4.79 Å². The van der Waals surface area contributed by atoms with Crippen molar-refractivity contribution in [3.8, 4) is 0 Å².